The average Bonchev–Trinajstić information content (AvgIpc) is 4.02. The van der Waals surface area contributed by atoms with E-state index in [1.54, 1.807) is 0 Å². The number of aromatic nitrogens is 1. The van der Waals surface area contributed by atoms with Gasteiger partial charge >= 0.3 is 0 Å². The third-order valence-corrected chi connectivity index (χ3v) is 13.5. The molecule has 11 aromatic carbocycles. The summed E-state index contributed by atoms with van der Waals surface area (Å²) >= 11 is 0. The molecule has 0 unspecified atom stereocenters. The summed E-state index contributed by atoms with van der Waals surface area (Å²) < 4.78 is 8.96. The van der Waals surface area contributed by atoms with Gasteiger partial charge in [-0.1, -0.05) is 170 Å². The van der Waals surface area contributed by atoms with E-state index in [0.717, 1.165) is 50.1 Å². The Balaban J connectivity index is 0.950. The van der Waals surface area contributed by atoms with Gasteiger partial charge in [0.2, 0.25) is 0 Å². The zero-order chi connectivity index (χ0) is 41.2. The second-order valence-electron chi connectivity index (χ2n) is 16.8. The van der Waals surface area contributed by atoms with Crippen LogP contribution in [0.2, 0.25) is 0 Å². The Hall–Kier alpha value is -8.40. The molecule has 3 nitrogen and oxygen atoms in total. The molecule has 63 heavy (non-hydrogen) atoms. The lowest BCUT2D eigenvalue weighted by Crippen LogP contribution is -2.10. The second kappa shape index (κ2) is 13.1. The first-order chi connectivity index (χ1) is 31.3. The summed E-state index contributed by atoms with van der Waals surface area (Å²) in [5.74, 6) is 0. The van der Waals surface area contributed by atoms with E-state index >= 15 is 0 Å². The molecule has 0 atom stereocenters. The third kappa shape index (κ3) is 4.90. The zero-order valence-electron chi connectivity index (χ0n) is 34.1. The molecule has 0 saturated heterocycles. The van der Waals surface area contributed by atoms with Gasteiger partial charge in [0.15, 0.2) is 0 Å². The first kappa shape index (κ1) is 34.3. The fourth-order valence-electron chi connectivity index (χ4n) is 10.7. The monoisotopic (exact) mass is 800 g/mol. The highest BCUT2D eigenvalue weighted by atomic mass is 16.3. The van der Waals surface area contributed by atoms with Gasteiger partial charge in [0, 0.05) is 60.5 Å². The van der Waals surface area contributed by atoms with Crippen molar-refractivity contribution in [1.29, 1.82) is 0 Å². The highest BCUT2D eigenvalue weighted by molar-refractivity contribution is 6.27. The molecule has 0 amide bonds. The highest BCUT2D eigenvalue weighted by Crippen LogP contribution is 2.45. The maximum absolute atomic E-state index is 6.48. The SMILES string of the molecule is c1ccc2c(c1)oc1c(-c3ccc(N(c4ccc(-c5cccc6c7cccc8c9ccccc9n(c56)c87)cc4)c4ccc5c6ccccc6c6ccccc6c5c4)cc3)cccc12. The predicted molar refractivity (Wildman–Crippen MR) is 266 cm³/mol. The molecule has 0 N–H and O–H groups in total. The minimum Gasteiger partial charge on any atom is -0.455 e. The van der Waals surface area contributed by atoms with E-state index in [0.29, 0.717) is 0 Å². The van der Waals surface area contributed by atoms with Gasteiger partial charge in [0.25, 0.3) is 0 Å². The van der Waals surface area contributed by atoms with Gasteiger partial charge in [-0.05, 0) is 92.0 Å². The molecule has 0 aliphatic rings. The quantitative estimate of drug-likeness (QED) is 0.162. The van der Waals surface area contributed by atoms with Crippen molar-refractivity contribution in [2.75, 3.05) is 4.90 Å². The molecule has 3 heterocycles. The van der Waals surface area contributed by atoms with Crippen molar-refractivity contribution in [3.05, 3.63) is 218 Å². The van der Waals surface area contributed by atoms with Gasteiger partial charge in [-0.2, -0.15) is 0 Å². The summed E-state index contributed by atoms with van der Waals surface area (Å²) in [7, 11) is 0. The van der Waals surface area contributed by atoms with Crippen LogP contribution in [0.3, 0.4) is 0 Å². The summed E-state index contributed by atoms with van der Waals surface area (Å²) in [5, 5.41) is 15.0. The van der Waals surface area contributed by atoms with Gasteiger partial charge in [0.05, 0.1) is 16.6 Å². The van der Waals surface area contributed by atoms with Gasteiger partial charge in [-0.25, -0.2) is 0 Å². The van der Waals surface area contributed by atoms with Crippen LogP contribution < -0.4 is 4.90 Å². The Morgan fingerprint density at radius 2 is 0.762 bits per heavy atom. The highest BCUT2D eigenvalue weighted by Gasteiger charge is 2.21. The number of para-hydroxylation sites is 5. The average molecular weight is 801 g/mol. The minimum atomic E-state index is 0.905. The van der Waals surface area contributed by atoms with Crippen LogP contribution in [0.5, 0.6) is 0 Å². The number of furan rings is 1. The van der Waals surface area contributed by atoms with Gasteiger partial charge in [0.1, 0.15) is 11.2 Å². The number of rotatable bonds is 5. The summed E-state index contributed by atoms with van der Waals surface area (Å²) in [6.07, 6.45) is 0. The lowest BCUT2D eigenvalue weighted by molar-refractivity contribution is 0.670. The molecule has 3 heteroatoms. The summed E-state index contributed by atoms with van der Waals surface area (Å²) in [6.45, 7) is 0. The number of anilines is 3. The summed E-state index contributed by atoms with van der Waals surface area (Å²) in [5.41, 5.74) is 13.5. The third-order valence-electron chi connectivity index (χ3n) is 13.5. The molecule has 14 aromatic rings. The minimum absolute atomic E-state index is 0.905. The Labute approximate surface area is 362 Å². The summed E-state index contributed by atoms with van der Waals surface area (Å²) in [4.78, 5) is 2.40. The Bertz CT molecular complexity index is 4100. The van der Waals surface area contributed by atoms with Crippen LogP contribution in [-0.2, 0) is 0 Å². The second-order valence-corrected chi connectivity index (χ2v) is 16.8. The number of nitrogens with zero attached hydrogens (tertiary/aromatic N) is 2. The molecule has 14 rings (SSSR count). The van der Waals surface area contributed by atoms with Gasteiger partial charge in [-0.15, -0.1) is 0 Å². The molecule has 0 bridgehead atoms. The first-order valence-corrected chi connectivity index (χ1v) is 21.7. The molecule has 0 aliphatic heterocycles. The van der Waals surface area contributed by atoms with E-state index in [1.165, 1.54) is 81.5 Å². The fraction of sp³-hybridized carbons (Fsp3) is 0. The molecule has 292 valence electrons. The number of hydrogen-bond acceptors (Lipinski definition) is 2. The van der Waals surface area contributed by atoms with Crippen LogP contribution in [0.4, 0.5) is 17.1 Å². The van der Waals surface area contributed by atoms with E-state index in [2.05, 4.69) is 216 Å². The molecular weight excluding hydrogens is 765 g/mol. The molecule has 3 aromatic heterocycles. The molecule has 0 spiro atoms. The van der Waals surface area contributed by atoms with Crippen molar-refractivity contribution in [2.45, 2.75) is 0 Å². The van der Waals surface area contributed by atoms with Crippen molar-refractivity contribution in [1.82, 2.24) is 4.40 Å². The maximum atomic E-state index is 6.48. The molecule has 0 fully saturated rings. The van der Waals surface area contributed by atoms with E-state index < -0.39 is 0 Å². The van der Waals surface area contributed by atoms with Crippen molar-refractivity contribution in [3.8, 4) is 22.3 Å². The largest absolute Gasteiger partial charge is 0.455 e. The normalized spacial score (nSPS) is 12.1. The summed E-state index contributed by atoms with van der Waals surface area (Å²) in [6, 6.07) is 79.7. The number of hydrogen-bond donors (Lipinski definition) is 0. The standard InChI is InChI=1S/C60H36N2O/c1-2-14-46-44(12-1)45-13-3-4-15-47(45)55-36-41(34-35-48(46)55)61(40-32-28-38(29-33-40)43-19-10-23-54-50-17-6-8-25-57(50)63-60(43)54)39-30-26-37(27-31-39)42-18-9-21-52-53-22-11-20-51-49-16-5-7-24-56(49)62(58(42)52)59(51)53/h1-36H. The van der Waals surface area contributed by atoms with Crippen LogP contribution in [0.15, 0.2) is 223 Å². The Morgan fingerprint density at radius 3 is 1.44 bits per heavy atom. The lowest BCUT2D eigenvalue weighted by atomic mass is 9.94. The zero-order valence-corrected chi connectivity index (χ0v) is 34.1. The first-order valence-electron chi connectivity index (χ1n) is 21.7. The van der Waals surface area contributed by atoms with E-state index in [-0.39, 0.29) is 0 Å². The van der Waals surface area contributed by atoms with Crippen molar-refractivity contribution in [2.24, 2.45) is 0 Å². The van der Waals surface area contributed by atoms with E-state index in [1.807, 2.05) is 12.1 Å². The van der Waals surface area contributed by atoms with Gasteiger partial charge < -0.3 is 13.7 Å². The van der Waals surface area contributed by atoms with Crippen molar-refractivity contribution in [3.63, 3.8) is 0 Å². The fourth-order valence-corrected chi connectivity index (χ4v) is 10.7. The van der Waals surface area contributed by atoms with Crippen molar-refractivity contribution < 1.29 is 4.42 Å². The molecule has 0 aliphatic carbocycles. The lowest BCUT2D eigenvalue weighted by Gasteiger charge is -2.27. The van der Waals surface area contributed by atoms with Crippen LogP contribution in [0.1, 0.15) is 0 Å². The van der Waals surface area contributed by atoms with Gasteiger partial charge in [-0.3, -0.25) is 0 Å². The number of benzene rings is 11. The molecular formula is C60H36N2O. The van der Waals surface area contributed by atoms with E-state index in [9.17, 15) is 0 Å². The van der Waals surface area contributed by atoms with Crippen LogP contribution in [-0.4, -0.2) is 4.40 Å². The molecule has 0 saturated carbocycles. The van der Waals surface area contributed by atoms with Crippen LogP contribution in [0.25, 0.3) is 115 Å². The topological polar surface area (TPSA) is 20.8 Å². The predicted octanol–water partition coefficient (Wildman–Crippen LogP) is 17.0. The smallest absolute Gasteiger partial charge is 0.143 e. The van der Waals surface area contributed by atoms with E-state index in [4.69, 9.17) is 4.42 Å². The Morgan fingerprint density at radius 1 is 0.302 bits per heavy atom. The molecule has 0 radical (unpaired) electrons. The number of fused-ring (bicyclic) bond motifs is 15. The van der Waals surface area contributed by atoms with Crippen molar-refractivity contribution >= 4 is 109 Å². The van der Waals surface area contributed by atoms with Crippen LogP contribution >= 0.6 is 0 Å². The van der Waals surface area contributed by atoms with Crippen LogP contribution in [0, 0.1) is 0 Å². The maximum Gasteiger partial charge on any atom is 0.143 e. The Kier molecular flexibility index (Phi) is 7.11.